The van der Waals surface area contributed by atoms with Gasteiger partial charge in [0.1, 0.15) is 17.5 Å². The third kappa shape index (κ3) is 5.00. The number of nitrogens with zero attached hydrogens (tertiary/aromatic N) is 5. The standard InChI is InChI=1S/C27H27F4N7O2/c28-19-6-5-15(10-18(19)27(29,30)31)24-35-20-11-16(23(32)39)12-21(20)38(24)22-7-8-33-26(36-22)34-17-2-1-9-37(13-17)25(40)14-3-4-14/h5-8,10,14,16-17H,1-4,9,11-13H2,(H2,32,39)(H,33,34,36)/t16?,17-/m1/s1. The lowest BCUT2D eigenvalue weighted by Gasteiger charge is -2.33. The molecular weight excluding hydrogens is 530 g/mol. The van der Waals surface area contributed by atoms with E-state index in [-0.39, 0.29) is 48.0 Å². The van der Waals surface area contributed by atoms with Crippen LogP contribution in [0.3, 0.4) is 0 Å². The lowest BCUT2D eigenvalue weighted by molar-refractivity contribution is -0.140. The van der Waals surface area contributed by atoms with Gasteiger partial charge in [-0.25, -0.2) is 14.4 Å². The molecule has 1 saturated carbocycles. The highest BCUT2D eigenvalue weighted by Gasteiger charge is 2.37. The fourth-order valence-corrected chi connectivity index (χ4v) is 5.54. The molecule has 2 aromatic heterocycles. The SMILES string of the molecule is NC(=O)C1Cc2nc(-c3ccc(F)c(C(F)(F)F)c3)n(-c3ccnc(N[C@@H]4CCCN(C(=O)C5CC5)C4)n3)c2C1. The number of hydrogen-bond acceptors (Lipinski definition) is 6. The Kier molecular flexibility index (Phi) is 6.46. The predicted octanol–water partition coefficient (Wildman–Crippen LogP) is 3.50. The molecule has 9 nitrogen and oxygen atoms in total. The highest BCUT2D eigenvalue weighted by molar-refractivity contribution is 5.81. The van der Waals surface area contributed by atoms with E-state index in [0.717, 1.165) is 44.4 Å². The summed E-state index contributed by atoms with van der Waals surface area (Å²) in [5.74, 6) is -1.32. The van der Waals surface area contributed by atoms with E-state index in [9.17, 15) is 27.2 Å². The number of piperidine rings is 1. The molecule has 2 atom stereocenters. The molecule has 1 aromatic carbocycles. The number of benzene rings is 1. The molecule has 0 radical (unpaired) electrons. The number of alkyl halides is 3. The predicted molar refractivity (Wildman–Crippen MR) is 136 cm³/mol. The molecule has 2 amide bonds. The number of aromatic nitrogens is 4. The zero-order valence-electron chi connectivity index (χ0n) is 21.4. The molecule has 1 aliphatic heterocycles. The van der Waals surface area contributed by atoms with Gasteiger partial charge in [-0.1, -0.05) is 0 Å². The fourth-order valence-electron chi connectivity index (χ4n) is 5.54. The van der Waals surface area contributed by atoms with Crippen LogP contribution >= 0.6 is 0 Å². The molecule has 0 spiro atoms. The highest BCUT2D eigenvalue weighted by atomic mass is 19.4. The van der Waals surface area contributed by atoms with Gasteiger partial charge < -0.3 is 16.0 Å². The lowest BCUT2D eigenvalue weighted by atomic mass is 10.1. The molecule has 2 aliphatic carbocycles. The second kappa shape index (κ2) is 9.86. The maximum absolute atomic E-state index is 14.1. The van der Waals surface area contributed by atoms with Crippen LogP contribution < -0.4 is 11.1 Å². The summed E-state index contributed by atoms with van der Waals surface area (Å²) in [5.41, 5.74) is 5.30. The van der Waals surface area contributed by atoms with Gasteiger partial charge in [0.2, 0.25) is 17.8 Å². The van der Waals surface area contributed by atoms with Crippen molar-refractivity contribution in [1.29, 1.82) is 0 Å². The minimum atomic E-state index is -4.89. The van der Waals surface area contributed by atoms with Gasteiger partial charge in [-0.15, -0.1) is 0 Å². The molecule has 1 saturated heterocycles. The highest BCUT2D eigenvalue weighted by Crippen LogP contribution is 2.38. The van der Waals surface area contributed by atoms with E-state index in [1.54, 1.807) is 10.6 Å². The van der Waals surface area contributed by atoms with Crippen molar-refractivity contribution >= 4 is 17.8 Å². The largest absolute Gasteiger partial charge is 0.419 e. The van der Waals surface area contributed by atoms with Gasteiger partial charge in [0.25, 0.3) is 0 Å². The van der Waals surface area contributed by atoms with Gasteiger partial charge in [0, 0.05) is 61.3 Å². The van der Waals surface area contributed by atoms with Crippen molar-refractivity contribution in [1.82, 2.24) is 24.4 Å². The normalized spacial score (nSPS) is 20.9. The number of amides is 2. The van der Waals surface area contributed by atoms with Crippen LogP contribution in [-0.2, 0) is 28.6 Å². The molecule has 3 N–H and O–H groups in total. The Balaban J connectivity index is 1.35. The average molecular weight is 558 g/mol. The molecule has 3 heterocycles. The minimum Gasteiger partial charge on any atom is -0.369 e. The first-order chi connectivity index (χ1) is 19.1. The van der Waals surface area contributed by atoms with Crippen LogP contribution in [-0.4, -0.2) is 55.4 Å². The number of anilines is 1. The van der Waals surface area contributed by atoms with Crippen molar-refractivity contribution < 1.29 is 27.2 Å². The first kappa shape index (κ1) is 26.2. The number of nitrogens with one attached hydrogen (secondary N) is 1. The summed E-state index contributed by atoms with van der Waals surface area (Å²) in [6.45, 7) is 1.25. The second-order valence-corrected chi connectivity index (χ2v) is 10.6. The number of imidazole rings is 1. The smallest absolute Gasteiger partial charge is 0.369 e. The lowest BCUT2D eigenvalue weighted by Crippen LogP contribution is -2.45. The number of rotatable bonds is 6. The molecule has 3 aliphatic rings. The van der Waals surface area contributed by atoms with Crippen molar-refractivity contribution in [2.45, 2.75) is 50.7 Å². The van der Waals surface area contributed by atoms with Crippen LogP contribution in [0.15, 0.2) is 30.5 Å². The van der Waals surface area contributed by atoms with E-state index in [1.807, 2.05) is 4.90 Å². The summed E-state index contributed by atoms with van der Waals surface area (Å²) in [6, 6.07) is 4.25. The third-order valence-corrected chi connectivity index (χ3v) is 7.73. The third-order valence-electron chi connectivity index (χ3n) is 7.73. The molecule has 6 rings (SSSR count). The van der Waals surface area contributed by atoms with E-state index in [2.05, 4.69) is 20.3 Å². The van der Waals surface area contributed by atoms with E-state index < -0.39 is 29.4 Å². The fraction of sp³-hybridized carbons (Fsp3) is 0.444. The van der Waals surface area contributed by atoms with Crippen molar-refractivity contribution in [2.75, 3.05) is 18.4 Å². The second-order valence-electron chi connectivity index (χ2n) is 10.6. The van der Waals surface area contributed by atoms with Crippen LogP contribution in [0.5, 0.6) is 0 Å². The summed E-state index contributed by atoms with van der Waals surface area (Å²) in [5, 5.41) is 3.30. The Hall–Kier alpha value is -4.03. The summed E-state index contributed by atoms with van der Waals surface area (Å²) in [6.07, 6.45) is 0.636. The molecule has 3 aromatic rings. The number of carbonyl (C=O) groups excluding carboxylic acids is 2. The Labute approximate surface area is 226 Å². The van der Waals surface area contributed by atoms with Gasteiger partial charge in [0.15, 0.2) is 0 Å². The number of halogens is 4. The Morgan fingerprint density at radius 1 is 1.05 bits per heavy atom. The molecule has 40 heavy (non-hydrogen) atoms. The summed E-state index contributed by atoms with van der Waals surface area (Å²) >= 11 is 0. The van der Waals surface area contributed by atoms with E-state index in [0.29, 0.717) is 23.8 Å². The first-order valence-electron chi connectivity index (χ1n) is 13.2. The van der Waals surface area contributed by atoms with Crippen LogP contribution in [0.1, 0.15) is 42.6 Å². The zero-order chi connectivity index (χ0) is 28.2. The number of hydrogen-bond donors (Lipinski definition) is 2. The zero-order valence-corrected chi connectivity index (χ0v) is 21.4. The Morgan fingerprint density at radius 2 is 1.85 bits per heavy atom. The van der Waals surface area contributed by atoms with Gasteiger partial charge >= 0.3 is 6.18 Å². The van der Waals surface area contributed by atoms with Gasteiger partial charge in [-0.05, 0) is 49.9 Å². The summed E-state index contributed by atoms with van der Waals surface area (Å²) in [7, 11) is 0. The maximum Gasteiger partial charge on any atom is 0.419 e. The van der Waals surface area contributed by atoms with Gasteiger partial charge in [0.05, 0.1) is 11.3 Å². The number of nitrogens with two attached hydrogens (primary N) is 1. The quantitative estimate of drug-likeness (QED) is 0.448. The van der Waals surface area contributed by atoms with Gasteiger partial charge in [-0.2, -0.15) is 18.2 Å². The summed E-state index contributed by atoms with van der Waals surface area (Å²) in [4.78, 5) is 39.9. The van der Waals surface area contributed by atoms with E-state index in [4.69, 9.17) is 5.73 Å². The molecule has 1 unspecified atom stereocenters. The van der Waals surface area contributed by atoms with Crippen molar-refractivity contribution in [3.8, 4) is 17.2 Å². The average Bonchev–Trinajstić information content (AvgIpc) is 3.58. The number of primary amides is 1. The topological polar surface area (TPSA) is 119 Å². The molecule has 210 valence electrons. The number of fused-ring (bicyclic) bond motifs is 1. The monoisotopic (exact) mass is 557 g/mol. The molecular formula is C27H27F4N7O2. The maximum atomic E-state index is 14.1. The van der Waals surface area contributed by atoms with Crippen LogP contribution in [0, 0.1) is 17.7 Å². The van der Waals surface area contributed by atoms with Crippen molar-refractivity contribution in [3.63, 3.8) is 0 Å². The number of likely N-dealkylation sites (tertiary alicyclic amines) is 1. The molecule has 2 fully saturated rings. The van der Waals surface area contributed by atoms with Gasteiger partial charge in [-0.3, -0.25) is 14.2 Å². The van der Waals surface area contributed by atoms with Crippen molar-refractivity contribution in [2.24, 2.45) is 17.6 Å². The molecule has 0 bridgehead atoms. The Bertz CT molecular complexity index is 1480. The van der Waals surface area contributed by atoms with E-state index in [1.165, 1.54) is 12.3 Å². The van der Waals surface area contributed by atoms with Crippen LogP contribution in [0.4, 0.5) is 23.5 Å². The van der Waals surface area contributed by atoms with E-state index >= 15 is 0 Å². The summed E-state index contributed by atoms with van der Waals surface area (Å²) < 4.78 is 56.1. The minimum absolute atomic E-state index is 0.0494. The molecule has 13 heteroatoms. The number of carbonyl (C=O) groups is 2. The first-order valence-corrected chi connectivity index (χ1v) is 13.2. The van der Waals surface area contributed by atoms with Crippen LogP contribution in [0.2, 0.25) is 0 Å². The van der Waals surface area contributed by atoms with Crippen LogP contribution in [0.25, 0.3) is 17.2 Å². The Morgan fingerprint density at radius 3 is 2.58 bits per heavy atom. The van der Waals surface area contributed by atoms with Crippen molar-refractivity contribution in [3.05, 3.63) is 53.2 Å².